The van der Waals surface area contributed by atoms with Gasteiger partial charge in [-0.15, -0.1) is 0 Å². The number of aromatic hydroxyl groups is 1. The Morgan fingerprint density at radius 3 is 2.63 bits per heavy atom. The third-order valence-corrected chi connectivity index (χ3v) is 4.81. The van der Waals surface area contributed by atoms with Gasteiger partial charge >= 0.3 is 0 Å². The van der Waals surface area contributed by atoms with Crippen molar-refractivity contribution in [2.24, 2.45) is 4.99 Å². The topological polar surface area (TPSA) is 61.7 Å². The van der Waals surface area contributed by atoms with Crippen molar-refractivity contribution in [1.29, 1.82) is 0 Å². The van der Waals surface area contributed by atoms with Crippen LogP contribution in [-0.2, 0) is 4.79 Å². The number of aliphatic imine (C=N–C) groups is 1. The van der Waals surface area contributed by atoms with Gasteiger partial charge in [-0.25, -0.2) is 4.39 Å². The first kappa shape index (κ1) is 19.1. The van der Waals surface area contributed by atoms with Crippen molar-refractivity contribution < 1.29 is 14.3 Å². The lowest BCUT2D eigenvalue weighted by Crippen LogP contribution is -2.32. The zero-order valence-corrected chi connectivity index (χ0v) is 15.3. The first-order chi connectivity index (χ1) is 13.1. The number of phenolic OH excluding ortho intramolecular Hbond substituents is 1. The van der Waals surface area contributed by atoms with Gasteiger partial charge in [0.25, 0.3) is 0 Å². The third kappa shape index (κ3) is 5.39. The van der Waals surface area contributed by atoms with Crippen molar-refractivity contribution >= 4 is 11.6 Å². The van der Waals surface area contributed by atoms with Gasteiger partial charge in [0.1, 0.15) is 11.6 Å². The monoisotopic (exact) mass is 368 g/mol. The lowest BCUT2D eigenvalue weighted by atomic mass is 10.0. The van der Waals surface area contributed by atoms with Crippen LogP contribution in [0.1, 0.15) is 49.7 Å². The third-order valence-electron chi connectivity index (χ3n) is 4.81. The number of carbonyl (C=O) groups excluding carboxylic acids is 1. The second-order valence-electron chi connectivity index (χ2n) is 6.91. The molecule has 0 bridgehead atoms. The van der Waals surface area contributed by atoms with Crippen LogP contribution in [0.25, 0.3) is 0 Å². The summed E-state index contributed by atoms with van der Waals surface area (Å²) in [5, 5.41) is 13.2. The minimum atomic E-state index is -0.428. The van der Waals surface area contributed by atoms with Crippen molar-refractivity contribution in [3.05, 3.63) is 65.5 Å². The maximum absolute atomic E-state index is 13.7. The minimum absolute atomic E-state index is 0.0158. The van der Waals surface area contributed by atoms with Crippen LogP contribution in [0.2, 0.25) is 0 Å². The van der Waals surface area contributed by atoms with Crippen LogP contribution in [0.15, 0.2) is 53.5 Å². The van der Waals surface area contributed by atoms with Crippen LogP contribution in [0.3, 0.4) is 0 Å². The smallest absolute Gasteiger partial charge is 0.220 e. The Balaban J connectivity index is 1.67. The highest BCUT2D eigenvalue weighted by Gasteiger charge is 2.17. The van der Waals surface area contributed by atoms with Crippen molar-refractivity contribution in [1.82, 2.24) is 5.32 Å². The SMILES string of the molecule is O=C(CCCN=C(c1ccccc1)c1cc(F)ccc1O)NC1CCCC1. The molecule has 5 heteroatoms. The molecule has 2 N–H and O–H groups in total. The van der Waals surface area contributed by atoms with Crippen LogP contribution < -0.4 is 5.32 Å². The van der Waals surface area contributed by atoms with Gasteiger partial charge in [-0.2, -0.15) is 0 Å². The summed E-state index contributed by atoms with van der Waals surface area (Å²) in [7, 11) is 0. The van der Waals surface area contributed by atoms with E-state index in [1.165, 1.54) is 31.0 Å². The molecule has 0 radical (unpaired) electrons. The van der Waals surface area contributed by atoms with E-state index in [9.17, 15) is 14.3 Å². The Morgan fingerprint density at radius 2 is 1.89 bits per heavy atom. The van der Waals surface area contributed by atoms with Crippen molar-refractivity contribution in [2.75, 3.05) is 6.54 Å². The molecule has 1 aliphatic rings. The standard InChI is InChI=1S/C22H25FN2O2/c23-17-12-13-20(26)19(15-17)22(16-7-2-1-3-8-16)24-14-6-11-21(27)25-18-9-4-5-10-18/h1-3,7-8,12-13,15,18,26H,4-6,9-11,14H2,(H,25,27). The van der Waals surface area contributed by atoms with E-state index in [2.05, 4.69) is 10.3 Å². The molecule has 2 aromatic rings. The molecule has 0 aliphatic heterocycles. The van der Waals surface area contributed by atoms with Crippen LogP contribution >= 0.6 is 0 Å². The van der Waals surface area contributed by atoms with E-state index < -0.39 is 5.82 Å². The lowest BCUT2D eigenvalue weighted by Gasteiger charge is -2.12. The molecule has 0 spiro atoms. The lowest BCUT2D eigenvalue weighted by molar-refractivity contribution is -0.121. The molecule has 0 saturated heterocycles. The van der Waals surface area contributed by atoms with E-state index in [0.717, 1.165) is 18.4 Å². The molecule has 142 valence electrons. The Bertz CT molecular complexity index is 799. The van der Waals surface area contributed by atoms with E-state index in [1.807, 2.05) is 30.3 Å². The maximum atomic E-state index is 13.7. The molecule has 1 fully saturated rings. The summed E-state index contributed by atoms with van der Waals surface area (Å²) in [6.07, 6.45) is 5.53. The Labute approximate surface area is 159 Å². The van der Waals surface area contributed by atoms with Crippen molar-refractivity contribution in [3.8, 4) is 5.75 Å². The summed E-state index contributed by atoms with van der Waals surface area (Å²) in [5.41, 5.74) is 1.69. The predicted octanol–water partition coefficient (Wildman–Crippen LogP) is 4.21. The fourth-order valence-corrected chi connectivity index (χ4v) is 3.43. The van der Waals surface area contributed by atoms with Gasteiger partial charge in [-0.05, 0) is 37.5 Å². The van der Waals surface area contributed by atoms with Crippen LogP contribution in [-0.4, -0.2) is 29.3 Å². The van der Waals surface area contributed by atoms with E-state index >= 15 is 0 Å². The Hall–Kier alpha value is -2.69. The quantitative estimate of drug-likeness (QED) is 0.568. The summed E-state index contributed by atoms with van der Waals surface area (Å²) < 4.78 is 13.7. The molecular formula is C22H25FN2O2. The van der Waals surface area contributed by atoms with Gasteiger partial charge in [0, 0.05) is 30.1 Å². The number of halogens is 1. The molecule has 1 aliphatic carbocycles. The molecular weight excluding hydrogens is 343 g/mol. The molecule has 4 nitrogen and oxygen atoms in total. The van der Waals surface area contributed by atoms with Crippen LogP contribution in [0, 0.1) is 5.82 Å². The number of nitrogens with zero attached hydrogens (tertiary/aromatic N) is 1. The normalized spacial score (nSPS) is 15.1. The number of hydrogen-bond acceptors (Lipinski definition) is 3. The molecule has 2 aromatic carbocycles. The minimum Gasteiger partial charge on any atom is -0.507 e. The maximum Gasteiger partial charge on any atom is 0.220 e. The van der Waals surface area contributed by atoms with Crippen LogP contribution in [0.5, 0.6) is 5.75 Å². The highest BCUT2D eigenvalue weighted by molar-refractivity contribution is 6.14. The number of amides is 1. The molecule has 0 unspecified atom stereocenters. The average Bonchev–Trinajstić information content (AvgIpc) is 3.18. The van der Waals surface area contributed by atoms with Gasteiger partial charge in [0.05, 0.1) is 5.71 Å². The number of benzene rings is 2. The summed E-state index contributed by atoms with van der Waals surface area (Å²) >= 11 is 0. The number of hydrogen-bond donors (Lipinski definition) is 2. The summed E-state index contributed by atoms with van der Waals surface area (Å²) in [4.78, 5) is 16.6. The second kappa shape index (κ2) is 9.31. The van der Waals surface area contributed by atoms with E-state index in [-0.39, 0.29) is 11.7 Å². The molecule has 0 aromatic heterocycles. The van der Waals surface area contributed by atoms with Gasteiger partial charge in [-0.1, -0.05) is 43.2 Å². The molecule has 1 saturated carbocycles. The second-order valence-corrected chi connectivity index (χ2v) is 6.91. The largest absolute Gasteiger partial charge is 0.507 e. The highest BCUT2D eigenvalue weighted by Crippen LogP contribution is 2.22. The number of carbonyl (C=O) groups is 1. The zero-order chi connectivity index (χ0) is 19.1. The first-order valence-electron chi connectivity index (χ1n) is 9.51. The molecule has 3 rings (SSSR count). The number of nitrogens with one attached hydrogen (secondary N) is 1. The zero-order valence-electron chi connectivity index (χ0n) is 15.3. The highest BCUT2D eigenvalue weighted by atomic mass is 19.1. The predicted molar refractivity (Wildman–Crippen MR) is 105 cm³/mol. The van der Waals surface area contributed by atoms with Gasteiger partial charge in [0.2, 0.25) is 5.91 Å². The fraction of sp³-hybridized carbons (Fsp3) is 0.364. The average molecular weight is 368 g/mol. The molecule has 27 heavy (non-hydrogen) atoms. The van der Waals surface area contributed by atoms with E-state index in [0.29, 0.717) is 36.7 Å². The van der Waals surface area contributed by atoms with Gasteiger partial charge in [-0.3, -0.25) is 9.79 Å². The number of phenols is 1. The summed E-state index contributed by atoms with van der Waals surface area (Å²) in [5.74, 6) is -0.382. The summed E-state index contributed by atoms with van der Waals surface area (Å²) in [6.45, 7) is 0.429. The molecule has 1 amide bonds. The Kier molecular flexibility index (Phi) is 6.58. The number of rotatable bonds is 7. The Morgan fingerprint density at radius 1 is 1.15 bits per heavy atom. The van der Waals surface area contributed by atoms with Gasteiger partial charge < -0.3 is 10.4 Å². The molecule has 0 heterocycles. The van der Waals surface area contributed by atoms with Crippen molar-refractivity contribution in [2.45, 2.75) is 44.6 Å². The first-order valence-corrected chi connectivity index (χ1v) is 9.51. The fourth-order valence-electron chi connectivity index (χ4n) is 3.43. The summed E-state index contributed by atoms with van der Waals surface area (Å²) in [6, 6.07) is 13.5. The van der Waals surface area contributed by atoms with E-state index in [4.69, 9.17) is 0 Å². The molecule has 0 atom stereocenters. The van der Waals surface area contributed by atoms with E-state index in [1.54, 1.807) is 0 Å². The van der Waals surface area contributed by atoms with Gasteiger partial charge in [0.15, 0.2) is 0 Å². The van der Waals surface area contributed by atoms with Crippen LogP contribution in [0.4, 0.5) is 4.39 Å². The van der Waals surface area contributed by atoms with Crippen molar-refractivity contribution in [3.63, 3.8) is 0 Å².